The summed E-state index contributed by atoms with van der Waals surface area (Å²) >= 11 is 0. The SMILES string of the molecule is CCCCCCCCCCCCCc1cc(Nc2ccccc2)ccc1O. The molecule has 0 heterocycles. The molecule has 0 aliphatic rings. The van der Waals surface area contributed by atoms with E-state index >= 15 is 0 Å². The van der Waals surface area contributed by atoms with Gasteiger partial charge in [0.25, 0.3) is 0 Å². The summed E-state index contributed by atoms with van der Waals surface area (Å²) in [4.78, 5) is 0. The van der Waals surface area contributed by atoms with Crippen LogP contribution < -0.4 is 5.32 Å². The Morgan fingerprint density at radius 3 is 1.89 bits per heavy atom. The highest BCUT2D eigenvalue weighted by molar-refractivity contribution is 5.61. The van der Waals surface area contributed by atoms with Gasteiger partial charge in [0.1, 0.15) is 5.75 Å². The summed E-state index contributed by atoms with van der Waals surface area (Å²) in [6.45, 7) is 2.27. The van der Waals surface area contributed by atoms with Gasteiger partial charge in [0.2, 0.25) is 0 Å². The highest BCUT2D eigenvalue weighted by Crippen LogP contribution is 2.26. The number of anilines is 2. The number of aryl methyl sites for hydroxylation is 1. The average Bonchev–Trinajstić information content (AvgIpc) is 2.69. The Morgan fingerprint density at radius 2 is 1.26 bits per heavy atom. The van der Waals surface area contributed by atoms with E-state index in [1.54, 1.807) is 6.07 Å². The Morgan fingerprint density at radius 1 is 0.667 bits per heavy atom. The maximum absolute atomic E-state index is 10.1. The summed E-state index contributed by atoms with van der Waals surface area (Å²) in [6.07, 6.45) is 15.8. The zero-order valence-electron chi connectivity index (χ0n) is 17.1. The minimum Gasteiger partial charge on any atom is -0.508 e. The van der Waals surface area contributed by atoms with Crippen molar-refractivity contribution in [2.45, 2.75) is 84.0 Å². The largest absolute Gasteiger partial charge is 0.508 e. The maximum atomic E-state index is 10.1. The molecule has 2 N–H and O–H groups in total. The third-order valence-electron chi connectivity index (χ3n) is 5.19. The first-order chi connectivity index (χ1) is 13.3. The normalized spacial score (nSPS) is 10.9. The molecule has 0 fully saturated rings. The molecule has 2 aromatic rings. The Balaban J connectivity index is 1.61. The highest BCUT2D eigenvalue weighted by Gasteiger charge is 2.04. The highest BCUT2D eigenvalue weighted by atomic mass is 16.3. The van der Waals surface area contributed by atoms with Crippen LogP contribution in [0.3, 0.4) is 0 Å². The van der Waals surface area contributed by atoms with Crippen molar-refractivity contribution in [3.63, 3.8) is 0 Å². The van der Waals surface area contributed by atoms with Crippen LogP contribution in [0.5, 0.6) is 5.75 Å². The van der Waals surface area contributed by atoms with Crippen LogP contribution in [-0.2, 0) is 6.42 Å². The van der Waals surface area contributed by atoms with Crippen LogP contribution in [0.2, 0.25) is 0 Å². The molecule has 0 amide bonds. The number of benzene rings is 2. The van der Waals surface area contributed by atoms with E-state index in [0.717, 1.165) is 29.8 Å². The predicted molar refractivity (Wildman–Crippen MR) is 118 cm³/mol. The first kappa shape index (κ1) is 21.3. The van der Waals surface area contributed by atoms with Crippen molar-refractivity contribution in [1.29, 1.82) is 0 Å². The topological polar surface area (TPSA) is 32.3 Å². The molecule has 2 heteroatoms. The van der Waals surface area contributed by atoms with Crippen LogP contribution in [0.25, 0.3) is 0 Å². The van der Waals surface area contributed by atoms with Crippen LogP contribution in [0, 0.1) is 0 Å². The molecule has 0 atom stereocenters. The van der Waals surface area contributed by atoms with Crippen molar-refractivity contribution in [2.75, 3.05) is 5.32 Å². The van der Waals surface area contributed by atoms with Crippen LogP contribution in [0.1, 0.15) is 83.1 Å². The van der Waals surface area contributed by atoms with E-state index in [4.69, 9.17) is 0 Å². The van der Waals surface area contributed by atoms with Crippen LogP contribution in [-0.4, -0.2) is 5.11 Å². The summed E-state index contributed by atoms with van der Waals surface area (Å²) in [6, 6.07) is 16.0. The summed E-state index contributed by atoms with van der Waals surface area (Å²) in [5, 5.41) is 13.5. The van der Waals surface area contributed by atoms with Gasteiger partial charge in [0.05, 0.1) is 0 Å². The Kier molecular flexibility index (Phi) is 10.5. The second-order valence-corrected chi connectivity index (χ2v) is 7.62. The van der Waals surface area contributed by atoms with Crippen molar-refractivity contribution in [3.8, 4) is 5.75 Å². The van der Waals surface area contributed by atoms with E-state index in [9.17, 15) is 5.11 Å². The Bertz CT molecular complexity index is 623. The average molecular weight is 368 g/mol. The Labute approximate surface area is 166 Å². The smallest absolute Gasteiger partial charge is 0.118 e. The van der Waals surface area contributed by atoms with Gasteiger partial charge < -0.3 is 10.4 Å². The molecule has 0 bridgehead atoms. The van der Waals surface area contributed by atoms with Crippen molar-refractivity contribution in [3.05, 3.63) is 54.1 Å². The molecule has 0 saturated heterocycles. The monoisotopic (exact) mass is 367 g/mol. The molecule has 148 valence electrons. The van der Waals surface area contributed by atoms with Crippen LogP contribution >= 0.6 is 0 Å². The van der Waals surface area contributed by atoms with Gasteiger partial charge in [-0.3, -0.25) is 0 Å². The molecule has 0 unspecified atom stereocenters. The van der Waals surface area contributed by atoms with Crippen LogP contribution in [0.15, 0.2) is 48.5 Å². The second kappa shape index (κ2) is 13.2. The fraction of sp³-hybridized carbons (Fsp3) is 0.520. The predicted octanol–water partition coefficient (Wildman–Crippen LogP) is 7.99. The number of rotatable bonds is 14. The quantitative estimate of drug-likeness (QED) is 0.262. The van der Waals surface area contributed by atoms with E-state index in [0.29, 0.717) is 5.75 Å². The van der Waals surface area contributed by atoms with E-state index in [-0.39, 0.29) is 0 Å². The molecular weight excluding hydrogens is 330 g/mol. The van der Waals surface area contributed by atoms with Gasteiger partial charge in [0, 0.05) is 11.4 Å². The Hall–Kier alpha value is -1.96. The van der Waals surface area contributed by atoms with Crippen LogP contribution in [0.4, 0.5) is 11.4 Å². The van der Waals surface area contributed by atoms with E-state index in [1.807, 2.05) is 24.3 Å². The lowest BCUT2D eigenvalue weighted by atomic mass is 10.0. The van der Waals surface area contributed by atoms with E-state index < -0.39 is 0 Å². The molecule has 2 rings (SSSR count). The zero-order valence-corrected chi connectivity index (χ0v) is 17.1. The van der Waals surface area contributed by atoms with Crippen molar-refractivity contribution in [1.82, 2.24) is 0 Å². The molecule has 0 aliphatic carbocycles. The van der Waals surface area contributed by atoms with Gasteiger partial charge in [-0.2, -0.15) is 0 Å². The molecule has 0 saturated carbocycles. The van der Waals surface area contributed by atoms with Gasteiger partial charge in [0.15, 0.2) is 0 Å². The number of unbranched alkanes of at least 4 members (excludes halogenated alkanes) is 10. The lowest BCUT2D eigenvalue weighted by Gasteiger charge is -2.10. The van der Waals surface area contributed by atoms with Crippen molar-refractivity contribution in [2.24, 2.45) is 0 Å². The molecule has 0 aliphatic heterocycles. The van der Waals surface area contributed by atoms with Gasteiger partial charge in [-0.25, -0.2) is 0 Å². The molecule has 2 nitrogen and oxygen atoms in total. The number of hydrogen-bond donors (Lipinski definition) is 2. The number of para-hydroxylation sites is 1. The van der Waals surface area contributed by atoms with Gasteiger partial charge in [-0.1, -0.05) is 89.3 Å². The molecule has 0 radical (unpaired) electrons. The molecule has 0 spiro atoms. The third kappa shape index (κ3) is 8.99. The molecule has 27 heavy (non-hydrogen) atoms. The standard InChI is InChI=1S/C25H37NO/c1-2-3-4-5-6-7-8-9-10-11-13-16-22-21-24(19-20-25(22)27)26-23-17-14-12-15-18-23/h12,14-15,17-21,26-27H,2-11,13,16H2,1H3. The second-order valence-electron chi connectivity index (χ2n) is 7.62. The van der Waals surface area contributed by atoms with Gasteiger partial charge in [-0.05, 0) is 48.7 Å². The first-order valence-corrected chi connectivity index (χ1v) is 10.9. The number of nitrogens with one attached hydrogen (secondary N) is 1. The molecular formula is C25H37NO. The van der Waals surface area contributed by atoms with Gasteiger partial charge in [-0.15, -0.1) is 0 Å². The zero-order chi connectivity index (χ0) is 19.2. The maximum Gasteiger partial charge on any atom is 0.118 e. The summed E-state index contributed by atoms with van der Waals surface area (Å²) < 4.78 is 0. The number of phenols is 1. The van der Waals surface area contributed by atoms with Crippen molar-refractivity contribution >= 4 is 11.4 Å². The molecule has 2 aromatic carbocycles. The fourth-order valence-electron chi connectivity index (χ4n) is 3.53. The van der Waals surface area contributed by atoms with E-state index in [2.05, 4.69) is 30.4 Å². The first-order valence-electron chi connectivity index (χ1n) is 10.9. The lowest BCUT2D eigenvalue weighted by Crippen LogP contribution is -1.93. The van der Waals surface area contributed by atoms with E-state index in [1.165, 1.54) is 64.2 Å². The number of aromatic hydroxyl groups is 1. The third-order valence-corrected chi connectivity index (χ3v) is 5.19. The minimum absolute atomic E-state index is 0.417. The van der Waals surface area contributed by atoms with Crippen molar-refractivity contribution < 1.29 is 5.11 Å². The van der Waals surface area contributed by atoms with Gasteiger partial charge >= 0.3 is 0 Å². The summed E-state index contributed by atoms with van der Waals surface area (Å²) in [5.74, 6) is 0.417. The molecule has 0 aromatic heterocycles. The fourth-order valence-corrected chi connectivity index (χ4v) is 3.53. The summed E-state index contributed by atoms with van der Waals surface area (Å²) in [7, 11) is 0. The summed E-state index contributed by atoms with van der Waals surface area (Å²) in [5.41, 5.74) is 3.16. The number of phenolic OH excluding ortho intramolecular Hbond substituents is 1. The lowest BCUT2D eigenvalue weighted by molar-refractivity contribution is 0.466. The number of hydrogen-bond acceptors (Lipinski definition) is 2. The minimum atomic E-state index is 0.417.